The second-order valence-electron chi connectivity index (χ2n) is 7.09. The number of likely N-dealkylation sites (N-methyl/N-ethyl adjacent to an activating group) is 1. The van der Waals surface area contributed by atoms with Gasteiger partial charge in [-0.05, 0) is 44.1 Å². The molecule has 0 spiro atoms. The standard InChI is InChI=1S/C16H31NO2/c1-5-17-14(13-6-11-19-12-13)16(18-4)9-7-15(2,3)8-10-16/h13-14,17H,5-12H2,1-4H3. The highest BCUT2D eigenvalue weighted by atomic mass is 16.5. The van der Waals surface area contributed by atoms with Crippen molar-refractivity contribution in [2.75, 3.05) is 26.9 Å². The van der Waals surface area contributed by atoms with E-state index in [2.05, 4.69) is 26.1 Å². The molecule has 1 N–H and O–H groups in total. The van der Waals surface area contributed by atoms with Gasteiger partial charge in [0.25, 0.3) is 0 Å². The molecule has 0 aromatic heterocycles. The largest absolute Gasteiger partial charge is 0.381 e. The van der Waals surface area contributed by atoms with Crippen LogP contribution in [0.15, 0.2) is 0 Å². The maximum absolute atomic E-state index is 6.08. The molecule has 2 fully saturated rings. The molecule has 2 atom stereocenters. The van der Waals surface area contributed by atoms with Gasteiger partial charge in [0.15, 0.2) is 0 Å². The number of nitrogens with one attached hydrogen (secondary N) is 1. The first-order chi connectivity index (χ1) is 9.03. The molecule has 0 bridgehead atoms. The fraction of sp³-hybridized carbons (Fsp3) is 1.00. The summed E-state index contributed by atoms with van der Waals surface area (Å²) in [6, 6.07) is 0.445. The molecule has 1 saturated heterocycles. The average molecular weight is 269 g/mol. The first-order valence-corrected chi connectivity index (χ1v) is 7.89. The third-order valence-corrected chi connectivity index (χ3v) is 5.28. The van der Waals surface area contributed by atoms with Crippen molar-refractivity contribution in [1.82, 2.24) is 5.32 Å². The van der Waals surface area contributed by atoms with E-state index in [4.69, 9.17) is 9.47 Å². The molecule has 2 rings (SSSR count). The summed E-state index contributed by atoms with van der Waals surface area (Å²) in [5.41, 5.74) is 0.495. The van der Waals surface area contributed by atoms with Gasteiger partial charge in [-0.1, -0.05) is 20.8 Å². The SMILES string of the molecule is CCNC(C1CCOC1)C1(OC)CCC(C)(C)CC1. The Bertz CT molecular complexity index is 274. The third-order valence-electron chi connectivity index (χ3n) is 5.28. The van der Waals surface area contributed by atoms with Crippen LogP contribution in [0.4, 0.5) is 0 Å². The van der Waals surface area contributed by atoms with E-state index >= 15 is 0 Å². The lowest BCUT2D eigenvalue weighted by Gasteiger charge is -2.49. The molecule has 0 amide bonds. The number of methoxy groups -OCH3 is 1. The highest BCUT2D eigenvalue weighted by Gasteiger charge is 2.47. The molecular formula is C16H31NO2. The Morgan fingerprint density at radius 1 is 1.26 bits per heavy atom. The van der Waals surface area contributed by atoms with E-state index in [0.29, 0.717) is 17.4 Å². The quantitative estimate of drug-likeness (QED) is 0.832. The highest BCUT2D eigenvalue weighted by Crippen LogP contribution is 2.45. The molecule has 3 heteroatoms. The van der Waals surface area contributed by atoms with E-state index in [-0.39, 0.29) is 5.60 Å². The van der Waals surface area contributed by atoms with Crippen molar-refractivity contribution in [2.24, 2.45) is 11.3 Å². The van der Waals surface area contributed by atoms with Crippen molar-refractivity contribution < 1.29 is 9.47 Å². The number of hydrogen-bond acceptors (Lipinski definition) is 3. The smallest absolute Gasteiger partial charge is 0.0834 e. The zero-order valence-corrected chi connectivity index (χ0v) is 13.1. The number of rotatable bonds is 5. The van der Waals surface area contributed by atoms with Gasteiger partial charge in [0, 0.05) is 25.7 Å². The Morgan fingerprint density at radius 3 is 2.42 bits per heavy atom. The number of ether oxygens (including phenoxy) is 2. The Kier molecular flexibility index (Phi) is 4.91. The summed E-state index contributed by atoms with van der Waals surface area (Å²) in [7, 11) is 1.90. The zero-order valence-electron chi connectivity index (χ0n) is 13.1. The van der Waals surface area contributed by atoms with Gasteiger partial charge in [0.05, 0.1) is 12.2 Å². The first-order valence-electron chi connectivity index (χ1n) is 7.89. The van der Waals surface area contributed by atoms with Gasteiger partial charge < -0.3 is 14.8 Å². The topological polar surface area (TPSA) is 30.5 Å². The van der Waals surface area contributed by atoms with Crippen LogP contribution in [0.5, 0.6) is 0 Å². The molecular weight excluding hydrogens is 238 g/mol. The van der Waals surface area contributed by atoms with E-state index in [1.807, 2.05) is 7.11 Å². The lowest BCUT2D eigenvalue weighted by atomic mass is 9.66. The van der Waals surface area contributed by atoms with E-state index in [1.165, 1.54) is 32.1 Å². The van der Waals surface area contributed by atoms with Gasteiger partial charge in [-0.3, -0.25) is 0 Å². The fourth-order valence-electron chi connectivity index (χ4n) is 3.81. The Labute approximate surface area is 118 Å². The maximum Gasteiger partial charge on any atom is 0.0834 e. The van der Waals surface area contributed by atoms with E-state index in [0.717, 1.165) is 19.8 Å². The van der Waals surface area contributed by atoms with Crippen molar-refractivity contribution in [3.05, 3.63) is 0 Å². The lowest BCUT2D eigenvalue weighted by Crippen LogP contribution is -2.58. The van der Waals surface area contributed by atoms with Gasteiger partial charge >= 0.3 is 0 Å². The minimum Gasteiger partial charge on any atom is -0.381 e. The van der Waals surface area contributed by atoms with Crippen LogP contribution in [-0.2, 0) is 9.47 Å². The molecule has 0 aromatic rings. The van der Waals surface area contributed by atoms with Crippen molar-refractivity contribution in [3.63, 3.8) is 0 Å². The van der Waals surface area contributed by atoms with Crippen molar-refractivity contribution in [3.8, 4) is 0 Å². The summed E-state index contributed by atoms with van der Waals surface area (Å²) in [4.78, 5) is 0. The summed E-state index contributed by atoms with van der Waals surface area (Å²) in [6.45, 7) is 9.78. The van der Waals surface area contributed by atoms with Crippen LogP contribution in [0.3, 0.4) is 0 Å². The van der Waals surface area contributed by atoms with Crippen LogP contribution in [0.25, 0.3) is 0 Å². The minimum atomic E-state index is 0.0178. The molecule has 19 heavy (non-hydrogen) atoms. The Balaban J connectivity index is 2.12. The van der Waals surface area contributed by atoms with E-state index in [1.54, 1.807) is 0 Å². The molecule has 3 nitrogen and oxygen atoms in total. The molecule has 112 valence electrons. The van der Waals surface area contributed by atoms with Crippen LogP contribution in [0.2, 0.25) is 0 Å². The maximum atomic E-state index is 6.08. The van der Waals surface area contributed by atoms with Crippen LogP contribution in [-0.4, -0.2) is 38.5 Å². The normalized spacial score (nSPS) is 31.3. The summed E-state index contributed by atoms with van der Waals surface area (Å²) in [5.74, 6) is 0.612. The predicted octanol–water partition coefficient (Wildman–Crippen LogP) is 2.99. The van der Waals surface area contributed by atoms with Crippen molar-refractivity contribution in [2.45, 2.75) is 64.5 Å². The average Bonchev–Trinajstić information content (AvgIpc) is 2.91. The highest BCUT2D eigenvalue weighted by molar-refractivity contribution is 5.01. The molecule has 2 aliphatic rings. The Morgan fingerprint density at radius 2 is 1.95 bits per heavy atom. The molecule has 2 unspecified atom stereocenters. The summed E-state index contributed by atoms with van der Waals surface area (Å²) in [5, 5.41) is 3.71. The van der Waals surface area contributed by atoms with E-state index < -0.39 is 0 Å². The second-order valence-corrected chi connectivity index (χ2v) is 7.09. The van der Waals surface area contributed by atoms with Gasteiger partial charge in [0.1, 0.15) is 0 Å². The summed E-state index contributed by atoms with van der Waals surface area (Å²) >= 11 is 0. The zero-order chi connectivity index (χ0) is 13.9. The minimum absolute atomic E-state index is 0.0178. The second kappa shape index (κ2) is 6.11. The van der Waals surface area contributed by atoms with Gasteiger partial charge in [-0.2, -0.15) is 0 Å². The monoisotopic (exact) mass is 269 g/mol. The Hall–Kier alpha value is -0.120. The predicted molar refractivity (Wildman–Crippen MR) is 78.4 cm³/mol. The summed E-state index contributed by atoms with van der Waals surface area (Å²) in [6.07, 6.45) is 6.04. The van der Waals surface area contributed by atoms with Crippen LogP contribution >= 0.6 is 0 Å². The molecule has 0 aromatic carbocycles. The van der Waals surface area contributed by atoms with Gasteiger partial charge in [-0.15, -0.1) is 0 Å². The van der Waals surface area contributed by atoms with Crippen molar-refractivity contribution >= 4 is 0 Å². The number of hydrogen-bond donors (Lipinski definition) is 1. The first kappa shape index (κ1) is 15.3. The molecule has 1 aliphatic heterocycles. The van der Waals surface area contributed by atoms with Gasteiger partial charge in [-0.25, -0.2) is 0 Å². The molecule has 0 radical (unpaired) electrons. The van der Waals surface area contributed by atoms with Crippen LogP contribution in [0.1, 0.15) is 52.9 Å². The summed E-state index contributed by atoms with van der Waals surface area (Å²) < 4.78 is 11.7. The molecule has 1 aliphatic carbocycles. The van der Waals surface area contributed by atoms with Crippen LogP contribution in [0, 0.1) is 11.3 Å². The fourth-order valence-corrected chi connectivity index (χ4v) is 3.81. The third kappa shape index (κ3) is 3.32. The molecule has 1 saturated carbocycles. The van der Waals surface area contributed by atoms with E-state index in [9.17, 15) is 0 Å². The van der Waals surface area contributed by atoms with Crippen molar-refractivity contribution in [1.29, 1.82) is 0 Å². The van der Waals surface area contributed by atoms with Crippen LogP contribution < -0.4 is 5.32 Å². The lowest BCUT2D eigenvalue weighted by molar-refractivity contribution is -0.0987. The molecule has 1 heterocycles. The van der Waals surface area contributed by atoms with Gasteiger partial charge in [0.2, 0.25) is 0 Å².